The fraction of sp³-hybridized carbons (Fsp3) is 0.182. The first-order valence-electron chi connectivity index (χ1n) is 9.18. The Morgan fingerprint density at radius 2 is 1.61 bits per heavy atom. The van der Waals surface area contributed by atoms with Gasteiger partial charge in [-0.15, -0.1) is 0 Å². The molecule has 0 saturated carbocycles. The number of benzene rings is 3. The average molecular weight is 456 g/mol. The van der Waals surface area contributed by atoms with Crippen molar-refractivity contribution in [1.82, 2.24) is 5.32 Å². The van der Waals surface area contributed by atoms with Crippen LogP contribution in [-0.2, 0) is 0 Å². The first-order valence-corrected chi connectivity index (χ1v) is 10.4. The van der Waals surface area contributed by atoms with Crippen LogP contribution in [0.5, 0.6) is 0 Å². The van der Waals surface area contributed by atoms with Gasteiger partial charge in [0.05, 0.1) is 0 Å². The number of thiocarbonyl (C=S) groups is 1. The van der Waals surface area contributed by atoms with Gasteiger partial charge in [0.2, 0.25) is 0 Å². The molecule has 3 aromatic rings. The molecule has 2 N–H and O–H groups in total. The lowest BCUT2D eigenvalue weighted by molar-refractivity contribution is 0.0979. The Hall–Kier alpha value is -2.44. The first kappa shape index (κ1) is 20.3. The van der Waals surface area contributed by atoms with Crippen molar-refractivity contribution in [1.29, 1.82) is 0 Å². The topological polar surface area (TPSA) is 44.4 Å². The van der Waals surface area contributed by atoms with E-state index in [9.17, 15) is 4.79 Å². The van der Waals surface area contributed by atoms with Crippen molar-refractivity contribution in [2.45, 2.75) is 13.8 Å². The van der Waals surface area contributed by atoms with Gasteiger partial charge in [-0.3, -0.25) is 10.1 Å². The maximum absolute atomic E-state index is 12.7. The molecule has 0 aliphatic rings. The Balaban J connectivity index is 1.70. The molecule has 0 radical (unpaired) electrons. The third-order valence-electron chi connectivity index (χ3n) is 4.59. The summed E-state index contributed by atoms with van der Waals surface area (Å²) in [6.45, 7) is 6.18. The van der Waals surface area contributed by atoms with Crippen molar-refractivity contribution >= 4 is 61.3 Å². The minimum Gasteiger partial charge on any atom is -0.372 e. The highest BCUT2D eigenvalue weighted by Gasteiger charge is 2.12. The third-order valence-corrected chi connectivity index (χ3v) is 5.49. The summed E-state index contributed by atoms with van der Waals surface area (Å²) in [4.78, 5) is 15.0. The molecule has 3 aromatic carbocycles. The van der Waals surface area contributed by atoms with Gasteiger partial charge in [0.1, 0.15) is 0 Å². The molecule has 0 saturated heterocycles. The quantitative estimate of drug-likeness (QED) is 0.493. The fourth-order valence-electron chi connectivity index (χ4n) is 3.15. The Kier molecular flexibility index (Phi) is 6.65. The van der Waals surface area contributed by atoms with Gasteiger partial charge in [0.25, 0.3) is 5.91 Å². The molecule has 0 fully saturated rings. The van der Waals surface area contributed by atoms with Crippen LogP contribution in [0.1, 0.15) is 24.2 Å². The normalized spacial score (nSPS) is 10.5. The van der Waals surface area contributed by atoms with Gasteiger partial charge in [-0.1, -0.05) is 40.2 Å². The summed E-state index contributed by atoms with van der Waals surface area (Å²) >= 11 is 8.86. The zero-order valence-electron chi connectivity index (χ0n) is 15.8. The van der Waals surface area contributed by atoms with E-state index in [-0.39, 0.29) is 11.0 Å². The van der Waals surface area contributed by atoms with E-state index in [2.05, 4.69) is 45.3 Å². The Bertz CT molecular complexity index is 1000. The highest BCUT2D eigenvalue weighted by Crippen LogP contribution is 2.26. The number of halogens is 1. The lowest BCUT2D eigenvalue weighted by atomic mass is 10.0. The molecule has 0 atom stereocenters. The van der Waals surface area contributed by atoms with Crippen LogP contribution in [0.3, 0.4) is 0 Å². The molecule has 0 aromatic heterocycles. The number of hydrogen-bond acceptors (Lipinski definition) is 3. The molecule has 0 aliphatic heterocycles. The second-order valence-corrected chi connectivity index (χ2v) is 7.53. The molecular weight excluding hydrogens is 434 g/mol. The number of nitrogens with zero attached hydrogens (tertiary/aromatic N) is 1. The van der Waals surface area contributed by atoms with E-state index in [0.29, 0.717) is 5.56 Å². The molecule has 28 heavy (non-hydrogen) atoms. The van der Waals surface area contributed by atoms with Crippen molar-refractivity contribution in [2.24, 2.45) is 0 Å². The minimum atomic E-state index is -0.235. The maximum Gasteiger partial charge on any atom is 0.258 e. The van der Waals surface area contributed by atoms with Crippen molar-refractivity contribution in [3.8, 4) is 0 Å². The lowest BCUT2D eigenvalue weighted by Crippen LogP contribution is -2.34. The average Bonchev–Trinajstić information content (AvgIpc) is 2.70. The van der Waals surface area contributed by atoms with E-state index in [0.717, 1.165) is 39.7 Å². The van der Waals surface area contributed by atoms with Crippen molar-refractivity contribution in [3.05, 3.63) is 70.7 Å². The smallest absolute Gasteiger partial charge is 0.258 e. The van der Waals surface area contributed by atoms with Gasteiger partial charge < -0.3 is 10.2 Å². The maximum atomic E-state index is 12.7. The van der Waals surface area contributed by atoms with Gasteiger partial charge in [0, 0.05) is 34.5 Å². The van der Waals surface area contributed by atoms with E-state index in [4.69, 9.17) is 12.2 Å². The van der Waals surface area contributed by atoms with Crippen LogP contribution < -0.4 is 15.5 Å². The number of carbonyl (C=O) groups is 1. The van der Waals surface area contributed by atoms with Crippen LogP contribution >= 0.6 is 28.1 Å². The monoisotopic (exact) mass is 455 g/mol. The molecule has 6 heteroatoms. The molecule has 4 nitrogen and oxygen atoms in total. The van der Waals surface area contributed by atoms with Crippen LogP contribution in [0, 0.1) is 0 Å². The Morgan fingerprint density at radius 1 is 0.964 bits per heavy atom. The second kappa shape index (κ2) is 9.17. The van der Waals surface area contributed by atoms with Crippen molar-refractivity contribution < 1.29 is 4.79 Å². The zero-order chi connectivity index (χ0) is 20.1. The van der Waals surface area contributed by atoms with Gasteiger partial charge >= 0.3 is 0 Å². The number of carbonyl (C=O) groups excluding carboxylic acids is 1. The van der Waals surface area contributed by atoms with Crippen LogP contribution in [0.4, 0.5) is 11.4 Å². The Labute approximate surface area is 179 Å². The molecule has 0 bridgehead atoms. The molecule has 0 heterocycles. The van der Waals surface area contributed by atoms with E-state index >= 15 is 0 Å². The predicted molar refractivity (Wildman–Crippen MR) is 125 cm³/mol. The SMILES string of the molecule is CCN(CC)c1ccc(NC(=S)NC(=O)c2cccc3c(Br)cccc23)cc1. The molecular formula is C22H22BrN3OS. The van der Waals surface area contributed by atoms with Gasteiger partial charge in [-0.25, -0.2) is 0 Å². The molecule has 144 valence electrons. The largest absolute Gasteiger partial charge is 0.372 e. The molecule has 0 aliphatic carbocycles. The zero-order valence-corrected chi connectivity index (χ0v) is 18.2. The molecule has 3 rings (SSSR count). The van der Waals surface area contributed by atoms with Crippen LogP contribution in [-0.4, -0.2) is 24.1 Å². The Morgan fingerprint density at radius 3 is 2.29 bits per heavy atom. The van der Waals surface area contributed by atoms with Gasteiger partial charge in [-0.05, 0) is 73.2 Å². The van der Waals surface area contributed by atoms with Gasteiger partial charge in [0.15, 0.2) is 5.11 Å². The summed E-state index contributed by atoms with van der Waals surface area (Å²) in [5, 5.41) is 7.98. The summed E-state index contributed by atoms with van der Waals surface area (Å²) in [6.07, 6.45) is 0. The first-order chi connectivity index (χ1) is 13.5. The van der Waals surface area contributed by atoms with Crippen molar-refractivity contribution in [3.63, 3.8) is 0 Å². The van der Waals surface area contributed by atoms with E-state index in [1.807, 2.05) is 54.6 Å². The number of hydrogen-bond donors (Lipinski definition) is 2. The van der Waals surface area contributed by atoms with E-state index in [1.165, 1.54) is 0 Å². The number of anilines is 2. The van der Waals surface area contributed by atoms with Gasteiger partial charge in [-0.2, -0.15) is 0 Å². The second-order valence-electron chi connectivity index (χ2n) is 6.27. The molecule has 1 amide bonds. The van der Waals surface area contributed by atoms with Crippen LogP contribution in [0.15, 0.2) is 65.1 Å². The lowest BCUT2D eigenvalue weighted by Gasteiger charge is -2.21. The minimum absolute atomic E-state index is 0.235. The standard InChI is InChI=1S/C22H22BrN3OS/c1-3-26(4-2)16-13-11-15(12-14-16)24-22(28)25-21(27)19-9-5-8-18-17(19)7-6-10-20(18)23/h5-14H,3-4H2,1-2H3,(H2,24,25,27,28). The van der Waals surface area contributed by atoms with E-state index < -0.39 is 0 Å². The summed E-state index contributed by atoms with van der Waals surface area (Å²) in [7, 11) is 0. The van der Waals surface area contributed by atoms with Crippen molar-refractivity contribution in [2.75, 3.05) is 23.3 Å². The fourth-order valence-corrected chi connectivity index (χ4v) is 3.86. The molecule has 0 unspecified atom stereocenters. The van der Waals surface area contributed by atoms with E-state index in [1.54, 1.807) is 6.07 Å². The number of nitrogens with one attached hydrogen (secondary N) is 2. The highest BCUT2D eigenvalue weighted by molar-refractivity contribution is 9.10. The highest BCUT2D eigenvalue weighted by atomic mass is 79.9. The van der Waals surface area contributed by atoms with Crippen LogP contribution in [0.25, 0.3) is 10.8 Å². The predicted octanol–water partition coefficient (Wildman–Crippen LogP) is 5.58. The van der Waals surface area contributed by atoms with Crippen LogP contribution in [0.2, 0.25) is 0 Å². The number of amides is 1. The molecule has 0 spiro atoms. The third kappa shape index (κ3) is 4.51. The summed E-state index contributed by atoms with van der Waals surface area (Å²) in [5.41, 5.74) is 2.58. The summed E-state index contributed by atoms with van der Waals surface area (Å²) < 4.78 is 0.952. The number of rotatable bonds is 5. The number of fused-ring (bicyclic) bond motifs is 1. The summed E-state index contributed by atoms with van der Waals surface area (Å²) in [6, 6.07) is 19.4. The summed E-state index contributed by atoms with van der Waals surface area (Å²) in [5.74, 6) is -0.235.